The summed E-state index contributed by atoms with van der Waals surface area (Å²) in [5.41, 5.74) is 2.82. The molecule has 0 amide bonds. The molecular weight excluding hydrogens is 196 g/mol. The molecule has 2 unspecified atom stereocenters. The third-order valence-electron chi connectivity index (χ3n) is 3.38. The highest BCUT2D eigenvalue weighted by molar-refractivity contribution is 5.09. The van der Waals surface area contributed by atoms with Crippen LogP contribution in [0.1, 0.15) is 47.5 Å². The topological polar surface area (TPSA) is 9.23 Å². The Balaban J connectivity index is 2.58. The molecule has 1 heteroatoms. The van der Waals surface area contributed by atoms with Gasteiger partial charge in [-0.1, -0.05) is 37.1 Å². The van der Waals surface area contributed by atoms with Crippen molar-refractivity contribution in [3.8, 4) is 0 Å². The summed E-state index contributed by atoms with van der Waals surface area (Å²) in [5, 5.41) is 0. The Bertz CT molecular complexity index is 269. The number of allylic oxidation sites excluding steroid dienone is 2. The van der Waals surface area contributed by atoms with Gasteiger partial charge in [0.05, 0.1) is 12.7 Å². The fourth-order valence-electron chi connectivity index (χ4n) is 2.26. The predicted molar refractivity (Wildman–Crippen MR) is 70.5 cm³/mol. The molecule has 1 rings (SSSR count). The molecule has 0 spiro atoms. The van der Waals surface area contributed by atoms with E-state index < -0.39 is 0 Å². The van der Waals surface area contributed by atoms with Gasteiger partial charge in [-0.25, -0.2) is 0 Å². The quantitative estimate of drug-likeness (QED) is 0.643. The summed E-state index contributed by atoms with van der Waals surface area (Å²) in [6.07, 6.45) is 7.33. The van der Waals surface area contributed by atoms with Crippen LogP contribution in [-0.2, 0) is 4.74 Å². The third-order valence-corrected chi connectivity index (χ3v) is 3.38. The van der Waals surface area contributed by atoms with Gasteiger partial charge in [-0.05, 0) is 45.4 Å². The van der Waals surface area contributed by atoms with Crippen molar-refractivity contribution in [2.24, 2.45) is 11.8 Å². The van der Waals surface area contributed by atoms with E-state index in [4.69, 9.17) is 4.74 Å². The molecule has 0 aromatic heterocycles. The van der Waals surface area contributed by atoms with Gasteiger partial charge in [-0.3, -0.25) is 0 Å². The minimum atomic E-state index is 0.323. The Labute approximate surface area is 101 Å². The van der Waals surface area contributed by atoms with Gasteiger partial charge in [0.1, 0.15) is 0 Å². The lowest BCUT2D eigenvalue weighted by atomic mass is 9.80. The van der Waals surface area contributed by atoms with E-state index in [2.05, 4.69) is 46.8 Å². The maximum Gasteiger partial charge on any atom is 0.0793 e. The molecule has 0 radical (unpaired) electrons. The Kier molecular flexibility index (Phi) is 5.27. The van der Waals surface area contributed by atoms with E-state index in [0.29, 0.717) is 17.9 Å². The summed E-state index contributed by atoms with van der Waals surface area (Å²) in [4.78, 5) is 0. The second kappa shape index (κ2) is 6.24. The van der Waals surface area contributed by atoms with Crippen molar-refractivity contribution in [2.45, 2.75) is 53.6 Å². The molecular formula is C15H26O. The highest BCUT2D eigenvalue weighted by atomic mass is 16.5. The average molecular weight is 222 g/mol. The summed E-state index contributed by atoms with van der Waals surface area (Å²) in [7, 11) is 0. The zero-order valence-corrected chi connectivity index (χ0v) is 11.4. The molecule has 1 aliphatic rings. The lowest BCUT2D eigenvalue weighted by Crippen LogP contribution is -2.29. The van der Waals surface area contributed by atoms with E-state index >= 15 is 0 Å². The van der Waals surface area contributed by atoms with E-state index in [9.17, 15) is 0 Å². The van der Waals surface area contributed by atoms with Crippen LogP contribution in [0.25, 0.3) is 0 Å². The molecule has 0 aliphatic heterocycles. The summed E-state index contributed by atoms with van der Waals surface area (Å²) in [6, 6.07) is 0. The van der Waals surface area contributed by atoms with Crippen molar-refractivity contribution in [1.82, 2.24) is 0 Å². The summed E-state index contributed by atoms with van der Waals surface area (Å²) >= 11 is 0. The van der Waals surface area contributed by atoms with Gasteiger partial charge in [0.15, 0.2) is 0 Å². The minimum absolute atomic E-state index is 0.323. The first kappa shape index (κ1) is 13.5. The molecule has 92 valence electrons. The summed E-state index contributed by atoms with van der Waals surface area (Å²) in [5.74, 6) is 1.40. The van der Waals surface area contributed by atoms with Crippen LogP contribution in [0.15, 0.2) is 23.3 Å². The van der Waals surface area contributed by atoms with Crippen molar-refractivity contribution in [2.75, 3.05) is 6.61 Å². The van der Waals surface area contributed by atoms with Crippen LogP contribution in [0, 0.1) is 11.8 Å². The monoisotopic (exact) mass is 222 g/mol. The molecule has 0 heterocycles. The van der Waals surface area contributed by atoms with Gasteiger partial charge in [0, 0.05) is 0 Å². The smallest absolute Gasteiger partial charge is 0.0793 e. The van der Waals surface area contributed by atoms with Gasteiger partial charge in [-0.15, -0.1) is 0 Å². The van der Waals surface area contributed by atoms with E-state index in [-0.39, 0.29) is 0 Å². The van der Waals surface area contributed by atoms with E-state index in [1.54, 1.807) is 0 Å². The Morgan fingerprint density at radius 3 is 2.75 bits per heavy atom. The van der Waals surface area contributed by atoms with Crippen molar-refractivity contribution in [1.29, 1.82) is 0 Å². The maximum atomic E-state index is 5.99. The van der Waals surface area contributed by atoms with Crippen LogP contribution in [-0.4, -0.2) is 12.7 Å². The minimum Gasteiger partial charge on any atom is -0.370 e. The largest absolute Gasteiger partial charge is 0.370 e. The molecule has 0 aromatic carbocycles. The number of ether oxygens (including phenoxy) is 1. The van der Waals surface area contributed by atoms with Crippen molar-refractivity contribution in [3.63, 3.8) is 0 Å². The van der Waals surface area contributed by atoms with Crippen LogP contribution < -0.4 is 0 Å². The normalized spacial score (nSPS) is 25.5. The lowest BCUT2D eigenvalue weighted by molar-refractivity contribution is 0.0367. The van der Waals surface area contributed by atoms with Gasteiger partial charge >= 0.3 is 0 Å². The van der Waals surface area contributed by atoms with Crippen LogP contribution in [0.4, 0.5) is 0 Å². The Hall–Kier alpha value is -0.560. The predicted octanol–water partition coefficient (Wildman–Crippen LogP) is 4.35. The van der Waals surface area contributed by atoms with Crippen molar-refractivity contribution in [3.05, 3.63) is 23.3 Å². The van der Waals surface area contributed by atoms with E-state index in [1.807, 2.05) is 0 Å². The van der Waals surface area contributed by atoms with Crippen molar-refractivity contribution < 1.29 is 4.74 Å². The molecule has 0 bridgehead atoms. The Morgan fingerprint density at radius 1 is 1.50 bits per heavy atom. The third kappa shape index (κ3) is 4.13. The van der Waals surface area contributed by atoms with Crippen molar-refractivity contribution >= 4 is 0 Å². The SMILES string of the molecule is CC(C)=CCOC1C=C(C)CCC1C(C)C. The molecule has 16 heavy (non-hydrogen) atoms. The zero-order valence-electron chi connectivity index (χ0n) is 11.4. The zero-order chi connectivity index (χ0) is 12.1. The van der Waals surface area contributed by atoms with Crippen LogP contribution >= 0.6 is 0 Å². The van der Waals surface area contributed by atoms with Gasteiger partial charge in [-0.2, -0.15) is 0 Å². The number of hydrogen-bond donors (Lipinski definition) is 0. The van der Waals surface area contributed by atoms with E-state index in [1.165, 1.54) is 24.0 Å². The second-order valence-electron chi connectivity index (χ2n) is 5.54. The van der Waals surface area contributed by atoms with Gasteiger partial charge < -0.3 is 4.74 Å². The first-order chi connectivity index (χ1) is 7.50. The number of hydrogen-bond acceptors (Lipinski definition) is 1. The summed E-state index contributed by atoms with van der Waals surface area (Å²) < 4.78 is 5.99. The molecule has 0 saturated heterocycles. The second-order valence-corrected chi connectivity index (χ2v) is 5.54. The first-order valence-corrected chi connectivity index (χ1v) is 6.43. The lowest BCUT2D eigenvalue weighted by Gasteiger charge is -2.32. The maximum absolute atomic E-state index is 5.99. The standard InChI is InChI=1S/C15H26O/c1-11(2)8-9-16-15-10-13(5)6-7-14(15)12(3)4/h8,10,12,14-15H,6-7,9H2,1-5H3. The fourth-order valence-corrected chi connectivity index (χ4v) is 2.26. The van der Waals surface area contributed by atoms with Crippen LogP contribution in [0.2, 0.25) is 0 Å². The Morgan fingerprint density at radius 2 is 2.19 bits per heavy atom. The molecule has 0 saturated carbocycles. The van der Waals surface area contributed by atoms with Gasteiger partial charge in [0.2, 0.25) is 0 Å². The molecule has 1 nitrogen and oxygen atoms in total. The molecule has 1 aliphatic carbocycles. The molecule has 0 N–H and O–H groups in total. The molecule has 2 atom stereocenters. The molecule has 0 aromatic rings. The average Bonchev–Trinajstić information content (AvgIpc) is 2.16. The number of rotatable bonds is 4. The highest BCUT2D eigenvalue weighted by Gasteiger charge is 2.26. The first-order valence-electron chi connectivity index (χ1n) is 6.43. The van der Waals surface area contributed by atoms with Crippen LogP contribution in [0.5, 0.6) is 0 Å². The fraction of sp³-hybridized carbons (Fsp3) is 0.733. The van der Waals surface area contributed by atoms with Gasteiger partial charge in [0.25, 0.3) is 0 Å². The highest BCUT2D eigenvalue weighted by Crippen LogP contribution is 2.31. The van der Waals surface area contributed by atoms with E-state index in [0.717, 1.165) is 6.61 Å². The van der Waals surface area contributed by atoms with Crippen LogP contribution in [0.3, 0.4) is 0 Å². The molecule has 0 fully saturated rings. The summed E-state index contributed by atoms with van der Waals surface area (Å²) in [6.45, 7) is 11.8.